The molecule has 0 saturated heterocycles. The highest BCUT2D eigenvalue weighted by Gasteiger charge is 2.13. The van der Waals surface area contributed by atoms with Crippen LogP contribution in [0.15, 0.2) is 54.6 Å². The molecule has 0 atom stereocenters. The number of ether oxygens (including phenoxy) is 1. The summed E-state index contributed by atoms with van der Waals surface area (Å²) >= 11 is 5.17. The fraction of sp³-hybridized carbons (Fsp3) is 0.150. The highest BCUT2D eigenvalue weighted by molar-refractivity contribution is 7.80. The molecule has 2 amide bonds. The van der Waals surface area contributed by atoms with Crippen LogP contribution in [0.1, 0.15) is 15.9 Å². The molecule has 140 valence electrons. The normalized spacial score (nSPS) is 10.3. The number of nitrogens with zero attached hydrogens (tertiary/aromatic N) is 1. The molecule has 27 heavy (non-hydrogen) atoms. The van der Waals surface area contributed by atoms with Crippen molar-refractivity contribution in [2.24, 2.45) is 0 Å². The summed E-state index contributed by atoms with van der Waals surface area (Å²) in [4.78, 5) is 25.7. The van der Waals surface area contributed by atoms with Gasteiger partial charge >= 0.3 is 0 Å². The Morgan fingerprint density at radius 2 is 1.74 bits per heavy atom. The van der Waals surface area contributed by atoms with E-state index in [4.69, 9.17) is 17.0 Å². The monoisotopic (exact) mass is 383 g/mol. The Labute approximate surface area is 163 Å². The summed E-state index contributed by atoms with van der Waals surface area (Å²) in [7, 11) is 4.93. The first-order valence-electron chi connectivity index (χ1n) is 8.15. The van der Waals surface area contributed by atoms with Crippen molar-refractivity contribution in [2.45, 2.75) is 0 Å². The number of hydrogen-bond donors (Lipinski definition) is 2. The van der Waals surface area contributed by atoms with Crippen LogP contribution in [0.5, 0.6) is 5.75 Å². The summed E-state index contributed by atoms with van der Waals surface area (Å²) in [5.41, 5.74) is 1.85. The first-order chi connectivity index (χ1) is 12.9. The van der Waals surface area contributed by atoms with Crippen molar-refractivity contribution in [1.29, 1.82) is 0 Å². The molecule has 0 fully saturated rings. The van der Waals surface area contributed by atoms with Gasteiger partial charge in [-0.3, -0.25) is 14.9 Å². The molecule has 0 aromatic heterocycles. The third kappa shape index (κ3) is 5.93. The van der Waals surface area contributed by atoms with E-state index in [0.29, 0.717) is 11.3 Å². The topological polar surface area (TPSA) is 70.7 Å². The van der Waals surface area contributed by atoms with E-state index in [1.807, 2.05) is 24.3 Å². The average Bonchev–Trinajstić information content (AvgIpc) is 2.66. The lowest BCUT2D eigenvalue weighted by molar-refractivity contribution is -0.115. The van der Waals surface area contributed by atoms with E-state index in [2.05, 4.69) is 10.6 Å². The molecule has 0 unspecified atom stereocenters. The van der Waals surface area contributed by atoms with Crippen LogP contribution in [-0.4, -0.2) is 43.0 Å². The van der Waals surface area contributed by atoms with Gasteiger partial charge in [-0.25, -0.2) is 0 Å². The van der Waals surface area contributed by atoms with Crippen LogP contribution >= 0.6 is 12.2 Å². The molecular formula is C20H21N3O3S. The van der Waals surface area contributed by atoms with Crippen molar-refractivity contribution in [3.63, 3.8) is 0 Å². The van der Waals surface area contributed by atoms with Gasteiger partial charge in [0, 0.05) is 20.2 Å². The Kier molecular flexibility index (Phi) is 7.08. The predicted molar refractivity (Wildman–Crippen MR) is 111 cm³/mol. The number of carbonyl (C=O) groups is 2. The third-order valence-electron chi connectivity index (χ3n) is 3.59. The predicted octanol–water partition coefficient (Wildman–Crippen LogP) is 2.92. The van der Waals surface area contributed by atoms with Gasteiger partial charge in [0.15, 0.2) is 5.11 Å². The van der Waals surface area contributed by atoms with Gasteiger partial charge in [-0.1, -0.05) is 24.3 Å². The number of amides is 2. The van der Waals surface area contributed by atoms with Gasteiger partial charge in [0.2, 0.25) is 5.91 Å². The summed E-state index contributed by atoms with van der Waals surface area (Å²) in [5.74, 6) is 0.208. The summed E-state index contributed by atoms with van der Waals surface area (Å²) in [6, 6.07) is 14.3. The molecule has 2 aromatic rings. The molecule has 0 bridgehead atoms. The number of thiocarbonyl (C=S) groups is 1. The molecule has 2 rings (SSSR count). The molecule has 0 heterocycles. The number of para-hydroxylation sites is 1. The van der Waals surface area contributed by atoms with Crippen LogP contribution in [0.2, 0.25) is 0 Å². The van der Waals surface area contributed by atoms with E-state index in [-0.39, 0.29) is 16.9 Å². The Balaban J connectivity index is 1.98. The molecule has 2 aromatic carbocycles. The van der Waals surface area contributed by atoms with Crippen LogP contribution in [0.3, 0.4) is 0 Å². The van der Waals surface area contributed by atoms with Gasteiger partial charge in [0.25, 0.3) is 5.91 Å². The van der Waals surface area contributed by atoms with Gasteiger partial charge in [0.1, 0.15) is 5.75 Å². The Bertz CT molecular complexity index is 861. The number of nitrogens with one attached hydrogen (secondary N) is 2. The van der Waals surface area contributed by atoms with Crippen molar-refractivity contribution < 1.29 is 14.3 Å². The minimum absolute atomic E-state index is 0.110. The fourth-order valence-electron chi connectivity index (χ4n) is 2.21. The summed E-state index contributed by atoms with van der Waals surface area (Å²) in [5, 5.41) is 5.56. The third-order valence-corrected chi connectivity index (χ3v) is 3.80. The highest BCUT2D eigenvalue weighted by atomic mass is 32.1. The number of hydrogen-bond acceptors (Lipinski definition) is 4. The van der Waals surface area contributed by atoms with Crippen molar-refractivity contribution >= 4 is 40.9 Å². The van der Waals surface area contributed by atoms with Crippen LogP contribution in [0.25, 0.3) is 6.08 Å². The van der Waals surface area contributed by atoms with Crippen molar-refractivity contribution in [1.82, 2.24) is 10.2 Å². The van der Waals surface area contributed by atoms with Crippen LogP contribution < -0.4 is 15.4 Å². The summed E-state index contributed by atoms with van der Waals surface area (Å²) in [6.07, 6.45) is 3.05. The van der Waals surface area contributed by atoms with Gasteiger partial charge in [0.05, 0.1) is 18.4 Å². The molecule has 0 aliphatic rings. The molecular weight excluding hydrogens is 362 g/mol. The minimum Gasteiger partial charge on any atom is -0.497 e. The van der Waals surface area contributed by atoms with E-state index in [0.717, 1.165) is 11.3 Å². The number of methoxy groups -OCH3 is 1. The lowest BCUT2D eigenvalue weighted by Gasteiger charge is -2.15. The van der Waals surface area contributed by atoms with Gasteiger partial charge in [-0.15, -0.1) is 0 Å². The minimum atomic E-state index is -0.375. The lowest BCUT2D eigenvalue weighted by Crippen LogP contribution is -2.33. The smallest absolute Gasteiger partial charge is 0.255 e. The molecule has 0 aliphatic carbocycles. The maximum absolute atomic E-state index is 12.2. The van der Waals surface area contributed by atoms with E-state index >= 15 is 0 Å². The zero-order chi connectivity index (χ0) is 19.8. The standard InChI is InChI=1S/C20H21N3O3S/c1-23(2)19(25)16-6-4-5-7-17(16)21-20(27)22-18(24)13-10-14-8-11-15(26-3)12-9-14/h4-13H,1-3H3,(H2,21,22,24,27). The lowest BCUT2D eigenvalue weighted by atomic mass is 10.1. The quantitative estimate of drug-likeness (QED) is 0.614. The molecule has 0 aliphatic heterocycles. The Morgan fingerprint density at radius 3 is 2.37 bits per heavy atom. The van der Waals surface area contributed by atoms with E-state index in [1.165, 1.54) is 11.0 Å². The number of benzene rings is 2. The number of rotatable bonds is 5. The maximum Gasteiger partial charge on any atom is 0.255 e. The zero-order valence-corrected chi connectivity index (χ0v) is 16.2. The van der Waals surface area contributed by atoms with Crippen LogP contribution in [-0.2, 0) is 4.79 Å². The van der Waals surface area contributed by atoms with E-state index < -0.39 is 0 Å². The van der Waals surface area contributed by atoms with E-state index in [9.17, 15) is 9.59 Å². The largest absolute Gasteiger partial charge is 0.497 e. The highest BCUT2D eigenvalue weighted by Crippen LogP contribution is 2.16. The fourth-order valence-corrected chi connectivity index (χ4v) is 2.42. The number of carbonyl (C=O) groups excluding carboxylic acids is 2. The molecule has 7 heteroatoms. The summed E-state index contributed by atoms with van der Waals surface area (Å²) < 4.78 is 5.09. The molecule has 0 radical (unpaired) electrons. The molecule has 0 saturated carbocycles. The Morgan fingerprint density at radius 1 is 1.07 bits per heavy atom. The first-order valence-corrected chi connectivity index (χ1v) is 8.56. The van der Waals surface area contributed by atoms with Gasteiger partial charge < -0.3 is 15.0 Å². The molecule has 0 spiro atoms. The average molecular weight is 383 g/mol. The van der Waals surface area contributed by atoms with Crippen LogP contribution in [0, 0.1) is 0 Å². The second-order valence-electron chi connectivity index (χ2n) is 5.80. The van der Waals surface area contributed by atoms with Gasteiger partial charge in [-0.2, -0.15) is 0 Å². The van der Waals surface area contributed by atoms with Gasteiger partial charge in [-0.05, 0) is 48.1 Å². The maximum atomic E-state index is 12.2. The SMILES string of the molecule is COc1ccc(C=CC(=O)NC(=S)Nc2ccccc2C(=O)N(C)C)cc1. The molecule has 2 N–H and O–H groups in total. The van der Waals surface area contributed by atoms with Crippen molar-refractivity contribution in [3.05, 3.63) is 65.7 Å². The number of anilines is 1. The second-order valence-corrected chi connectivity index (χ2v) is 6.20. The first kappa shape index (κ1) is 20.1. The van der Waals surface area contributed by atoms with Crippen LogP contribution in [0.4, 0.5) is 5.69 Å². The second kappa shape index (κ2) is 9.49. The van der Waals surface area contributed by atoms with E-state index in [1.54, 1.807) is 51.5 Å². The van der Waals surface area contributed by atoms with Crippen molar-refractivity contribution in [3.8, 4) is 5.75 Å². The zero-order valence-electron chi connectivity index (χ0n) is 15.4. The van der Waals surface area contributed by atoms with Crippen molar-refractivity contribution in [2.75, 3.05) is 26.5 Å². The summed E-state index contributed by atoms with van der Waals surface area (Å²) in [6.45, 7) is 0. The Hall–Kier alpha value is -3.19. The molecule has 6 nitrogen and oxygen atoms in total.